The Hall–Kier alpha value is -4.14. The van der Waals surface area contributed by atoms with Crippen LogP contribution >= 0.6 is 0 Å². The number of hydrogen-bond acceptors (Lipinski definition) is 30. The fraction of sp³-hybridized carbons (Fsp3) is 0.891. The maximum Gasteiger partial charge on any atom is 0.222 e. The van der Waals surface area contributed by atoms with Gasteiger partial charge in [0.25, 0.3) is 0 Å². The minimum Gasteiger partial charge on any atom is -0.394 e. The van der Waals surface area contributed by atoms with E-state index in [-0.39, 0.29) is 201 Å². The van der Waals surface area contributed by atoms with E-state index in [1.807, 2.05) is 0 Å². The number of nitrogens with one attached hydrogen (secondary N) is 6. The molecule has 3 aliphatic heterocycles. The van der Waals surface area contributed by atoms with Crippen LogP contribution in [-0.4, -0.2) is 352 Å². The summed E-state index contributed by atoms with van der Waals surface area (Å²) in [7, 11) is 0. The van der Waals surface area contributed by atoms with Crippen LogP contribution in [0.4, 0.5) is 0 Å². The van der Waals surface area contributed by atoms with Gasteiger partial charge in [0.1, 0.15) is 73.1 Å². The van der Waals surface area contributed by atoms with Crippen molar-refractivity contribution in [3.63, 3.8) is 0 Å². The van der Waals surface area contributed by atoms with Crippen LogP contribution in [0.5, 0.6) is 0 Å². The molecule has 15 unspecified atom stereocenters. The summed E-state index contributed by atoms with van der Waals surface area (Å²) in [5, 5.41) is 106. The van der Waals surface area contributed by atoms with Crippen molar-refractivity contribution in [2.45, 2.75) is 132 Å². The Morgan fingerprint density at radius 3 is 0.824 bits per heavy atom. The molecule has 0 radical (unpaired) electrons. The molecule has 36 heteroatoms. The summed E-state index contributed by atoms with van der Waals surface area (Å²) in [4.78, 5) is 72.4. The summed E-state index contributed by atoms with van der Waals surface area (Å²) >= 11 is 0. The SMILES string of the molecule is CC(=O)NC1C(OCCOCCOCCNC(=O)CCOCC(COCCC(=O)NCCOCCOCCOC2OC(CO)C(O)C(O)C2NC(C)=O)COCCC(=O)NCCOCCOCCOC2OC(CO)C(O)C(O)C2NC(C)=O)OC(CO)C(O)C1O. The van der Waals surface area contributed by atoms with Crippen LogP contribution in [0.15, 0.2) is 0 Å². The van der Waals surface area contributed by atoms with Gasteiger partial charge in [0.2, 0.25) is 35.4 Å². The van der Waals surface area contributed by atoms with Crippen molar-refractivity contribution in [2.24, 2.45) is 5.92 Å². The highest BCUT2D eigenvalue weighted by Gasteiger charge is 2.48. The molecular weight excluding hydrogens is 1220 g/mol. The van der Waals surface area contributed by atoms with E-state index in [1.165, 1.54) is 20.8 Å². The molecule has 3 rings (SSSR count). The maximum absolute atomic E-state index is 12.5. The van der Waals surface area contributed by atoms with E-state index < -0.39 is 129 Å². The van der Waals surface area contributed by atoms with Gasteiger partial charge in [0.15, 0.2) is 18.9 Å². The Morgan fingerprint density at radius 1 is 0.341 bits per heavy atom. The molecule has 15 atom stereocenters. The van der Waals surface area contributed by atoms with Gasteiger partial charge < -0.3 is 149 Å². The first-order valence-electron chi connectivity index (χ1n) is 30.3. The van der Waals surface area contributed by atoms with E-state index in [9.17, 15) is 74.7 Å². The van der Waals surface area contributed by atoms with Gasteiger partial charge in [-0.1, -0.05) is 0 Å². The Kier molecular flexibility index (Phi) is 43.3. The topological polar surface area (TPSA) is 495 Å². The van der Waals surface area contributed by atoms with Crippen molar-refractivity contribution in [3.8, 4) is 0 Å². The van der Waals surface area contributed by atoms with E-state index in [2.05, 4.69) is 31.9 Å². The second kappa shape index (κ2) is 48.5. The third-order valence-electron chi connectivity index (χ3n) is 13.6. The maximum atomic E-state index is 12.5. The predicted molar refractivity (Wildman–Crippen MR) is 308 cm³/mol. The molecule has 0 aromatic rings. The lowest BCUT2D eigenvalue weighted by molar-refractivity contribution is -0.272. The minimum absolute atomic E-state index is 0.0000458. The predicted octanol–water partition coefficient (Wildman–Crippen LogP) is -8.85. The molecule has 3 aliphatic rings. The van der Waals surface area contributed by atoms with Gasteiger partial charge in [0, 0.05) is 65.6 Å². The van der Waals surface area contributed by atoms with Crippen LogP contribution in [0.3, 0.4) is 0 Å². The third-order valence-corrected chi connectivity index (χ3v) is 13.6. The minimum atomic E-state index is -1.44. The number of aliphatic hydroxyl groups excluding tert-OH is 9. The molecule has 36 nitrogen and oxygen atoms in total. The molecule has 15 N–H and O–H groups in total. The lowest BCUT2D eigenvalue weighted by Gasteiger charge is -2.42. The van der Waals surface area contributed by atoms with Crippen molar-refractivity contribution in [1.29, 1.82) is 0 Å². The number of carbonyl (C=O) groups is 6. The van der Waals surface area contributed by atoms with Crippen LogP contribution in [0.1, 0.15) is 40.0 Å². The zero-order chi connectivity index (χ0) is 66.8. The highest BCUT2D eigenvalue weighted by atomic mass is 16.7. The number of hydrogen-bond donors (Lipinski definition) is 15. The van der Waals surface area contributed by atoms with Gasteiger partial charge in [-0.2, -0.15) is 0 Å². The van der Waals surface area contributed by atoms with Gasteiger partial charge in [-0.3, -0.25) is 28.8 Å². The molecule has 0 bridgehead atoms. The molecule has 530 valence electrons. The molecule has 0 spiro atoms. The molecular formula is C55H100N6O30. The lowest BCUT2D eigenvalue weighted by Crippen LogP contribution is -2.64. The van der Waals surface area contributed by atoms with Crippen molar-refractivity contribution in [3.05, 3.63) is 0 Å². The molecule has 0 aliphatic carbocycles. The first-order valence-corrected chi connectivity index (χ1v) is 30.3. The summed E-state index contributed by atoms with van der Waals surface area (Å²) in [6.45, 7) is 5.23. The summed E-state index contributed by atoms with van der Waals surface area (Å²) in [5.74, 6) is -2.63. The molecule has 3 fully saturated rings. The number of ether oxygens (including phenoxy) is 15. The molecule has 3 saturated heterocycles. The van der Waals surface area contributed by atoms with Crippen LogP contribution in [0.25, 0.3) is 0 Å². The molecule has 91 heavy (non-hydrogen) atoms. The first kappa shape index (κ1) is 81.1. The van der Waals surface area contributed by atoms with Crippen molar-refractivity contribution >= 4 is 35.4 Å². The van der Waals surface area contributed by atoms with E-state index in [1.54, 1.807) is 0 Å². The fourth-order valence-electron chi connectivity index (χ4n) is 8.92. The number of carbonyl (C=O) groups excluding carboxylic acids is 6. The van der Waals surface area contributed by atoms with Crippen LogP contribution in [-0.2, 0) is 99.8 Å². The summed E-state index contributed by atoms with van der Waals surface area (Å²) in [6.07, 6.45) is -15.3. The lowest BCUT2D eigenvalue weighted by atomic mass is 9.97. The largest absolute Gasteiger partial charge is 0.394 e. The van der Waals surface area contributed by atoms with E-state index in [4.69, 9.17) is 71.1 Å². The van der Waals surface area contributed by atoms with Crippen LogP contribution in [0.2, 0.25) is 0 Å². The quantitative estimate of drug-likeness (QED) is 0.0252. The molecule has 3 heterocycles. The molecule has 0 aromatic carbocycles. The second-order valence-corrected chi connectivity index (χ2v) is 21.0. The summed E-state index contributed by atoms with van der Waals surface area (Å²) in [5.41, 5.74) is 0. The standard InChI is InChI=1S/C55H100N6O30/c1-34(65)59-44-50(74)47(71)38(28-62)89-53(44)86-25-22-80-19-16-77-13-7-56-41(68)4-10-83-31-37(32-84-11-5-42(69)57-8-14-78-17-20-81-23-26-87-54-45(60-35(2)66)51(75)48(72)39(29-63)90-54)33-85-12-6-43(70)58-9-15-79-18-21-82-24-27-88-55-46(61-36(3)67)52(76)49(73)40(30-64)91-55/h37-40,44-55,62-64,71-76H,4-33H2,1-3H3,(H,56,68)(H,57,69)(H,58,70)(H,59,65)(H,60,66)(H,61,67). The van der Waals surface area contributed by atoms with Gasteiger partial charge >= 0.3 is 0 Å². The average molecular weight is 1330 g/mol. The van der Waals surface area contributed by atoms with Gasteiger partial charge in [0.05, 0.1) is 159 Å². The van der Waals surface area contributed by atoms with E-state index in [0.29, 0.717) is 0 Å². The Morgan fingerprint density at radius 2 is 0.582 bits per heavy atom. The number of aliphatic hydroxyl groups is 9. The third kappa shape index (κ3) is 33.7. The van der Waals surface area contributed by atoms with E-state index >= 15 is 0 Å². The van der Waals surface area contributed by atoms with Crippen molar-refractivity contribution < 1.29 is 146 Å². The van der Waals surface area contributed by atoms with Gasteiger partial charge in [-0.05, 0) is 0 Å². The monoisotopic (exact) mass is 1320 g/mol. The zero-order valence-corrected chi connectivity index (χ0v) is 52.0. The Bertz CT molecular complexity index is 1780. The Labute approximate surface area is 528 Å². The van der Waals surface area contributed by atoms with Crippen LogP contribution < -0.4 is 31.9 Å². The normalized spacial score (nSPS) is 27.0. The van der Waals surface area contributed by atoms with Gasteiger partial charge in [-0.15, -0.1) is 0 Å². The fourth-order valence-corrected chi connectivity index (χ4v) is 8.92. The van der Waals surface area contributed by atoms with Gasteiger partial charge in [-0.25, -0.2) is 0 Å². The van der Waals surface area contributed by atoms with E-state index in [0.717, 1.165) is 0 Å². The van der Waals surface area contributed by atoms with Crippen LogP contribution in [0, 0.1) is 5.92 Å². The first-order chi connectivity index (χ1) is 43.8. The number of rotatable bonds is 51. The molecule has 0 aromatic heterocycles. The number of amides is 6. The summed E-state index contributed by atoms with van der Waals surface area (Å²) in [6, 6.07) is -3.22. The zero-order valence-electron chi connectivity index (χ0n) is 52.0. The Balaban J connectivity index is 1.29. The average Bonchev–Trinajstić information content (AvgIpc) is 0.937. The molecule has 6 amide bonds. The highest BCUT2D eigenvalue weighted by Crippen LogP contribution is 2.25. The van der Waals surface area contributed by atoms with Crippen molar-refractivity contribution in [2.75, 3.05) is 178 Å². The summed E-state index contributed by atoms with van der Waals surface area (Å²) < 4.78 is 83.7. The second-order valence-electron chi connectivity index (χ2n) is 21.0. The smallest absolute Gasteiger partial charge is 0.222 e. The molecule has 0 saturated carbocycles. The highest BCUT2D eigenvalue weighted by molar-refractivity contribution is 5.77. The van der Waals surface area contributed by atoms with Crippen molar-refractivity contribution in [1.82, 2.24) is 31.9 Å².